The number of likely N-dealkylation sites (tertiary alicyclic amines) is 1. The summed E-state index contributed by atoms with van der Waals surface area (Å²) in [6.45, 7) is 5.12. The Hall–Kier alpha value is -1.59. The lowest BCUT2D eigenvalue weighted by molar-refractivity contribution is 0.0185. The summed E-state index contributed by atoms with van der Waals surface area (Å²) < 4.78 is 5.37. The van der Waals surface area contributed by atoms with Crippen LogP contribution in [0, 0.1) is 0 Å². The summed E-state index contributed by atoms with van der Waals surface area (Å²) in [5.74, 6) is 0.245. The van der Waals surface area contributed by atoms with Gasteiger partial charge in [0, 0.05) is 37.8 Å². The van der Waals surface area contributed by atoms with Gasteiger partial charge in [0.2, 0.25) is 0 Å². The number of phenols is 1. The van der Waals surface area contributed by atoms with Gasteiger partial charge in [-0.2, -0.15) is 0 Å². The first-order valence-electron chi connectivity index (χ1n) is 7.14. The number of nitrogens with zero attached hydrogens (tertiary/aromatic N) is 2. The number of morpholine rings is 1. The number of carbonyl (C=O) groups is 1. The van der Waals surface area contributed by atoms with Crippen LogP contribution in [-0.4, -0.2) is 66.2 Å². The highest BCUT2D eigenvalue weighted by Gasteiger charge is 2.31. The fraction of sp³-hybridized carbons (Fsp3) is 0.533. The maximum Gasteiger partial charge on any atom is 0.253 e. The fourth-order valence-corrected chi connectivity index (χ4v) is 2.95. The zero-order valence-corrected chi connectivity index (χ0v) is 11.5. The van der Waals surface area contributed by atoms with E-state index in [1.54, 1.807) is 24.3 Å². The van der Waals surface area contributed by atoms with Gasteiger partial charge in [0.15, 0.2) is 0 Å². The van der Waals surface area contributed by atoms with Crippen molar-refractivity contribution < 1.29 is 14.6 Å². The molecule has 1 aromatic carbocycles. The number of aromatic hydroxyl groups is 1. The maximum atomic E-state index is 12.4. The molecule has 0 unspecified atom stereocenters. The molecule has 0 saturated carbocycles. The predicted molar refractivity (Wildman–Crippen MR) is 74.8 cm³/mol. The van der Waals surface area contributed by atoms with Gasteiger partial charge in [-0.25, -0.2) is 0 Å². The minimum Gasteiger partial charge on any atom is -0.508 e. The van der Waals surface area contributed by atoms with Gasteiger partial charge >= 0.3 is 0 Å². The van der Waals surface area contributed by atoms with Gasteiger partial charge in [-0.3, -0.25) is 9.69 Å². The summed E-state index contributed by atoms with van der Waals surface area (Å²) in [6.07, 6.45) is 1.03. The first kappa shape index (κ1) is 13.4. The van der Waals surface area contributed by atoms with Crippen LogP contribution in [0.1, 0.15) is 16.8 Å². The number of rotatable bonds is 2. The second-order valence-electron chi connectivity index (χ2n) is 5.39. The number of hydrogen-bond donors (Lipinski definition) is 1. The molecule has 0 bridgehead atoms. The second kappa shape index (κ2) is 5.81. The molecule has 0 spiro atoms. The standard InChI is InChI=1S/C15H20N2O3/c18-14-3-1-12(2-4-14)15(19)17-6-5-13(11-17)16-7-9-20-10-8-16/h1-4,13,18H,5-11H2/t13-/m0/s1. The van der Waals surface area contributed by atoms with Crippen LogP contribution in [0.4, 0.5) is 0 Å². The first-order valence-corrected chi connectivity index (χ1v) is 7.14. The molecule has 3 rings (SSSR count). The van der Waals surface area contributed by atoms with Crippen LogP contribution in [0.2, 0.25) is 0 Å². The molecule has 2 saturated heterocycles. The van der Waals surface area contributed by atoms with E-state index in [4.69, 9.17) is 4.74 Å². The van der Waals surface area contributed by atoms with Crippen LogP contribution in [0.3, 0.4) is 0 Å². The normalized spacial score (nSPS) is 24.0. The van der Waals surface area contributed by atoms with Gasteiger partial charge < -0.3 is 14.7 Å². The zero-order valence-electron chi connectivity index (χ0n) is 11.5. The quantitative estimate of drug-likeness (QED) is 0.873. The lowest BCUT2D eigenvalue weighted by Crippen LogP contribution is -2.45. The van der Waals surface area contributed by atoms with Crippen LogP contribution >= 0.6 is 0 Å². The van der Waals surface area contributed by atoms with Crippen molar-refractivity contribution in [2.24, 2.45) is 0 Å². The fourth-order valence-electron chi connectivity index (χ4n) is 2.95. The summed E-state index contributed by atoms with van der Waals surface area (Å²) in [6, 6.07) is 6.94. The molecule has 108 valence electrons. The second-order valence-corrected chi connectivity index (χ2v) is 5.39. The van der Waals surface area contributed by atoms with Crippen molar-refractivity contribution in [2.45, 2.75) is 12.5 Å². The highest BCUT2D eigenvalue weighted by Crippen LogP contribution is 2.20. The Morgan fingerprint density at radius 3 is 2.55 bits per heavy atom. The highest BCUT2D eigenvalue weighted by atomic mass is 16.5. The number of hydrogen-bond acceptors (Lipinski definition) is 4. The third kappa shape index (κ3) is 2.78. The molecule has 2 heterocycles. The van der Waals surface area contributed by atoms with Crippen LogP contribution in [0.25, 0.3) is 0 Å². The average molecular weight is 276 g/mol. The molecular weight excluding hydrogens is 256 g/mol. The summed E-state index contributed by atoms with van der Waals surface area (Å²) in [7, 11) is 0. The number of ether oxygens (including phenoxy) is 1. The number of phenolic OH excluding ortho intramolecular Hbond substituents is 1. The lowest BCUT2D eigenvalue weighted by Gasteiger charge is -2.32. The Morgan fingerprint density at radius 1 is 1.15 bits per heavy atom. The molecule has 5 heteroatoms. The summed E-state index contributed by atoms with van der Waals surface area (Å²) in [4.78, 5) is 16.7. The van der Waals surface area contributed by atoms with Crippen LogP contribution in [0.15, 0.2) is 24.3 Å². The molecule has 2 aliphatic heterocycles. The van der Waals surface area contributed by atoms with E-state index in [1.165, 1.54) is 0 Å². The molecule has 1 N–H and O–H groups in total. The molecule has 1 amide bonds. The Kier molecular flexibility index (Phi) is 3.89. The van der Waals surface area contributed by atoms with Gasteiger partial charge in [-0.15, -0.1) is 0 Å². The monoisotopic (exact) mass is 276 g/mol. The van der Waals surface area contributed by atoms with Crippen LogP contribution in [0.5, 0.6) is 5.75 Å². The molecule has 5 nitrogen and oxygen atoms in total. The molecule has 0 aromatic heterocycles. The van der Waals surface area contributed by atoms with Crippen molar-refractivity contribution in [2.75, 3.05) is 39.4 Å². The SMILES string of the molecule is O=C(c1ccc(O)cc1)N1CC[C@H](N2CCOCC2)C1. The Labute approximate surface area is 118 Å². The van der Waals surface area contributed by atoms with Gasteiger partial charge in [0.05, 0.1) is 13.2 Å². The zero-order chi connectivity index (χ0) is 13.9. The van der Waals surface area contributed by atoms with Crippen molar-refractivity contribution in [3.8, 4) is 5.75 Å². The van der Waals surface area contributed by atoms with E-state index >= 15 is 0 Å². The predicted octanol–water partition coefficient (Wildman–Crippen LogP) is 0.939. The number of carbonyl (C=O) groups excluding carboxylic acids is 1. The maximum absolute atomic E-state index is 12.4. The smallest absolute Gasteiger partial charge is 0.253 e. The summed E-state index contributed by atoms with van der Waals surface area (Å²) in [5.41, 5.74) is 0.644. The molecular formula is C15H20N2O3. The summed E-state index contributed by atoms with van der Waals surface area (Å²) in [5, 5.41) is 9.27. The molecule has 0 radical (unpaired) electrons. The third-order valence-electron chi connectivity index (χ3n) is 4.13. The van der Waals surface area contributed by atoms with Gasteiger partial charge in [-0.05, 0) is 30.7 Å². The van der Waals surface area contributed by atoms with E-state index in [0.717, 1.165) is 45.8 Å². The Morgan fingerprint density at radius 2 is 1.85 bits per heavy atom. The van der Waals surface area contributed by atoms with Gasteiger partial charge in [0.1, 0.15) is 5.75 Å². The first-order chi connectivity index (χ1) is 9.74. The summed E-state index contributed by atoms with van der Waals surface area (Å²) >= 11 is 0. The molecule has 0 aliphatic carbocycles. The Balaban J connectivity index is 1.61. The third-order valence-corrected chi connectivity index (χ3v) is 4.13. The van der Waals surface area contributed by atoms with E-state index in [0.29, 0.717) is 11.6 Å². The molecule has 1 aromatic rings. The van der Waals surface area contributed by atoms with Crippen molar-refractivity contribution in [1.82, 2.24) is 9.80 Å². The highest BCUT2D eigenvalue weighted by molar-refractivity contribution is 5.94. The molecule has 2 aliphatic rings. The number of amides is 1. The largest absolute Gasteiger partial charge is 0.508 e. The molecule has 1 atom stereocenters. The van der Waals surface area contributed by atoms with Crippen molar-refractivity contribution in [3.63, 3.8) is 0 Å². The van der Waals surface area contributed by atoms with Gasteiger partial charge in [-0.1, -0.05) is 0 Å². The topological polar surface area (TPSA) is 53.0 Å². The van der Waals surface area contributed by atoms with Gasteiger partial charge in [0.25, 0.3) is 5.91 Å². The van der Waals surface area contributed by atoms with E-state index in [1.807, 2.05) is 4.90 Å². The van der Waals surface area contributed by atoms with Crippen molar-refractivity contribution in [1.29, 1.82) is 0 Å². The lowest BCUT2D eigenvalue weighted by atomic mass is 10.2. The van der Waals surface area contributed by atoms with E-state index in [9.17, 15) is 9.90 Å². The minimum absolute atomic E-state index is 0.0563. The molecule has 2 fully saturated rings. The van der Waals surface area contributed by atoms with Crippen molar-refractivity contribution >= 4 is 5.91 Å². The van der Waals surface area contributed by atoms with Crippen LogP contribution < -0.4 is 0 Å². The van der Waals surface area contributed by atoms with E-state index in [-0.39, 0.29) is 11.7 Å². The van der Waals surface area contributed by atoms with E-state index < -0.39 is 0 Å². The number of benzene rings is 1. The molecule has 20 heavy (non-hydrogen) atoms. The average Bonchev–Trinajstić information content (AvgIpc) is 2.98. The van der Waals surface area contributed by atoms with E-state index in [2.05, 4.69) is 4.90 Å². The van der Waals surface area contributed by atoms with Crippen LogP contribution in [-0.2, 0) is 4.74 Å². The Bertz CT molecular complexity index is 469. The van der Waals surface area contributed by atoms with Crippen molar-refractivity contribution in [3.05, 3.63) is 29.8 Å². The minimum atomic E-state index is 0.0563.